The zero-order valence-electron chi connectivity index (χ0n) is 16.3. The van der Waals surface area contributed by atoms with Gasteiger partial charge in [-0.25, -0.2) is 4.39 Å². The van der Waals surface area contributed by atoms with Gasteiger partial charge in [0.25, 0.3) is 17.1 Å². The Bertz CT molecular complexity index is 1020. The van der Waals surface area contributed by atoms with Gasteiger partial charge in [0.2, 0.25) is 0 Å². The number of hydrogen-bond donors (Lipinski definition) is 1. The van der Waals surface area contributed by atoms with Crippen molar-refractivity contribution in [2.45, 2.75) is 0 Å². The summed E-state index contributed by atoms with van der Waals surface area (Å²) in [6, 6.07) is 11.1. The number of carbonyl (C=O) groups excluding carboxylic acids is 3. The van der Waals surface area contributed by atoms with E-state index in [4.69, 9.17) is 11.6 Å². The van der Waals surface area contributed by atoms with Crippen LogP contribution in [0, 0.1) is 5.82 Å². The summed E-state index contributed by atoms with van der Waals surface area (Å²) >= 11 is 6.69. The Balaban J connectivity index is 1.58. The Labute approximate surface area is 182 Å². The minimum atomic E-state index is -0.508. The highest BCUT2D eigenvalue weighted by Crippen LogP contribution is 2.32. The van der Waals surface area contributed by atoms with E-state index in [-0.39, 0.29) is 18.7 Å². The monoisotopic (exact) mass is 447 g/mol. The predicted octanol–water partition coefficient (Wildman–Crippen LogP) is 4.01. The fourth-order valence-electron chi connectivity index (χ4n) is 2.80. The highest BCUT2D eigenvalue weighted by atomic mass is 35.5. The van der Waals surface area contributed by atoms with Crippen molar-refractivity contribution in [2.75, 3.05) is 32.1 Å². The third-order valence-electron chi connectivity index (χ3n) is 4.35. The van der Waals surface area contributed by atoms with E-state index in [0.29, 0.717) is 15.6 Å². The lowest BCUT2D eigenvalue weighted by molar-refractivity contribution is -0.122. The first-order chi connectivity index (χ1) is 14.3. The molecule has 30 heavy (non-hydrogen) atoms. The normalized spacial score (nSPS) is 15.1. The van der Waals surface area contributed by atoms with Crippen LogP contribution < -0.4 is 10.2 Å². The number of anilines is 1. The van der Waals surface area contributed by atoms with Crippen molar-refractivity contribution >= 4 is 52.2 Å². The first-order valence-electron chi connectivity index (χ1n) is 9.02. The van der Waals surface area contributed by atoms with Crippen molar-refractivity contribution < 1.29 is 18.8 Å². The van der Waals surface area contributed by atoms with E-state index < -0.39 is 22.9 Å². The van der Waals surface area contributed by atoms with Crippen LogP contribution in [0.25, 0.3) is 6.08 Å². The van der Waals surface area contributed by atoms with Gasteiger partial charge in [-0.1, -0.05) is 23.7 Å². The Morgan fingerprint density at radius 3 is 2.53 bits per heavy atom. The number of nitrogens with zero attached hydrogens (tertiary/aromatic N) is 2. The van der Waals surface area contributed by atoms with Gasteiger partial charge in [0.15, 0.2) is 0 Å². The van der Waals surface area contributed by atoms with Crippen molar-refractivity contribution in [3.05, 3.63) is 69.3 Å². The number of benzene rings is 2. The second-order valence-corrected chi connectivity index (χ2v) is 8.13. The number of imide groups is 1. The number of rotatable bonds is 6. The molecule has 0 aliphatic carbocycles. The molecular weight excluding hydrogens is 429 g/mol. The molecule has 0 unspecified atom stereocenters. The molecule has 0 atom stereocenters. The fraction of sp³-hybridized carbons (Fsp3) is 0.190. The van der Waals surface area contributed by atoms with Crippen LogP contribution in [0.2, 0.25) is 5.02 Å². The molecule has 1 heterocycles. The molecule has 3 rings (SSSR count). The molecule has 1 N–H and O–H groups in total. The summed E-state index contributed by atoms with van der Waals surface area (Å²) in [6.45, 7) is 0.0782. The van der Waals surface area contributed by atoms with Crippen LogP contribution in [0.3, 0.4) is 0 Å². The summed E-state index contributed by atoms with van der Waals surface area (Å²) < 4.78 is 14.0. The zero-order chi connectivity index (χ0) is 21.8. The van der Waals surface area contributed by atoms with Crippen molar-refractivity contribution in [2.24, 2.45) is 0 Å². The van der Waals surface area contributed by atoms with Crippen LogP contribution >= 0.6 is 23.4 Å². The molecule has 1 aliphatic heterocycles. The number of thioether (sulfide) groups is 1. The summed E-state index contributed by atoms with van der Waals surface area (Å²) in [5, 5.41) is 2.77. The Hall–Kier alpha value is -2.84. The molecule has 1 saturated heterocycles. The third kappa shape index (κ3) is 5.01. The number of hydrogen-bond acceptors (Lipinski definition) is 5. The first kappa shape index (κ1) is 21.9. The van der Waals surface area contributed by atoms with E-state index in [1.54, 1.807) is 49.3 Å². The fourth-order valence-corrected chi connectivity index (χ4v) is 3.79. The highest BCUT2D eigenvalue weighted by Gasteiger charge is 2.34. The Morgan fingerprint density at radius 1 is 1.20 bits per heavy atom. The summed E-state index contributed by atoms with van der Waals surface area (Å²) in [5.74, 6) is -1.41. The van der Waals surface area contributed by atoms with Crippen LogP contribution in [0.15, 0.2) is 47.4 Å². The summed E-state index contributed by atoms with van der Waals surface area (Å²) in [4.78, 5) is 39.9. The molecule has 0 aromatic heterocycles. The second kappa shape index (κ2) is 9.32. The van der Waals surface area contributed by atoms with E-state index in [1.165, 1.54) is 12.1 Å². The molecule has 0 bridgehead atoms. The predicted molar refractivity (Wildman–Crippen MR) is 117 cm³/mol. The zero-order valence-corrected chi connectivity index (χ0v) is 17.9. The van der Waals surface area contributed by atoms with E-state index in [1.807, 2.05) is 0 Å². The van der Waals surface area contributed by atoms with Gasteiger partial charge in [-0.2, -0.15) is 0 Å². The molecule has 2 aromatic rings. The summed E-state index contributed by atoms with van der Waals surface area (Å²) in [6.07, 6.45) is 1.62. The molecule has 1 aliphatic rings. The quantitative estimate of drug-likeness (QED) is 0.677. The second-order valence-electron chi connectivity index (χ2n) is 6.70. The van der Waals surface area contributed by atoms with Gasteiger partial charge < -0.3 is 10.2 Å². The minimum absolute atomic E-state index is 0.0205. The van der Waals surface area contributed by atoms with Crippen LogP contribution in [-0.4, -0.2) is 49.1 Å². The van der Waals surface area contributed by atoms with Crippen LogP contribution in [0.5, 0.6) is 0 Å². The van der Waals surface area contributed by atoms with E-state index in [2.05, 4.69) is 5.32 Å². The minimum Gasteiger partial charge on any atom is -0.375 e. The van der Waals surface area contributed by atoms with E-state index >= 15 is 0 Å². The topological polar surface area (TPSA) is 69.7 Å². The molecule has 0 saturated carbocycles. The van der Waals surface area contributed by atoms with Gasteiger partial charge in [0, 0.05) is 37.8 Å². The van der Waals surface area contributed by atoms with Crippen molar-refractivity contribution in [3.8, 4) is 0 Å². The molecule has 156 valence electrons. The average Bonchev–Trinajstić information content (AvgIpc) is 2.96. The molecule has 6 nitrogen and oxygen atoms in total. The summed E-state index contributed by atoms with van der Waals surface area (Å²) in [7, 11) is 3.41. The van der Waals surface area contributed by atoms with Gasteiger partial charge >= 0.3 is 0 Å². The molecule has 1 fully saturated rings. The van der Waals surface area contributed by atoms with Crippen LogP contribution in [0.4, 0.5) is 14.9 Å². The third-order valence-corrected chi connectivity index (χ3v) is 5.51. The van der Waals surface area contributed by atoms with Gasteiger partial charge in [0.05, 0.1) is 10.6 Å². The maximum Gasteiger partial charge on any atom is 0.293 e. The number of nitrogens with one attached hydrogen (secondary N) is 1. The molecular formula is C21H19ClFN3O3S. The Kier molecular flexibility index (Phi) is 6.79. The summed E-state index contributed by atoms with van der Waals surface area (Å²) in [5.41, 5.74) is 1.29. The van der Waals surface area contributed by atoms with Crippen molar-refractivity contribution in [3.63, 3.8) is 0 Å². The Morgan fingerprint density at radius 2 is 1.90 bits per heavy atom. The molecule has 2 aromatic carbocycles. The number of carbonyl (C=O) groups is 3. The molecule has 9 heteroatoms. The van der Waals surface area contributed by atoms with E-state index in [0.717, 1.165) is 28.3 Å². The number of halogens is 2. The molecule has 0 spiro atoms. The number of amides is 3. The van der Waals surface area contributed by atoms with Gasteiger partial charge in [-0.3, -0.25) is 19.3 Å². The van der Waals surface area contributed by atoms with Crippen LogP contribution in [0.1, 0.15) is 15.9 Å². The van der Waals surface area contributed by atoms with Crippen molar-refractivity contribution in [1.82, 2.24) is 10.2 Å². The van der Waals surface area contributed by atoms with Gasteiger partial charge in [0.1, 0.15) is 5.82 Å². The first-order valence-corrected chi connectivity index (χ1v) is 10.2. The maximum atomic E-state index is 14.0. The SMILES string of the molecule is CN(C)c1ccc(C(=O)NCCN2C(=O)S/C(=C/c3ccc(Cl)cc3)C2=O)cc1F. The lowest BCUT2D eigenvalue weighted by Crippen LogP contribution is -2.37. The molecule has 3 amide bonds. The highest BCUT2D eigenvalue weighted by molar-refractivity contribution is 8.18. The maximum absolute atomic E-state index is 14.0. The lowest BCUT2D eigenvalue weighted by atomic mass is 10.1. The average molecular weight is 448 g/mol. The molecule has 0 radical (unpaired) electrons. The standard InChI is InChI=1S/C21H19ClFN3O3S/c1-25(2)17-8-5-14(12-16(17)23)19(27)24-9-10-26-20(28)18(30-21(26)29)11-13-3-6-15(22)7-4-13/h3-8,11-12H,9-10H2,1-2H3,(H,24,27)/b18-11+. The largest absolute Gasteiger partial charge is 0.375 e. The van der Waals surface area contributed by atoms with Gasteiger partial charge in [-0.15, -0.1) is 0 Å². The smallest absolute Gasteiger partial charge is 0.293 e. The van der Waals surface area contributed by atoms with Gasteiger partial charge in [-0.05, 0) is 53.7 Å². The van der Waals surface area contributed by atoms with Crippen LogP contribution in [-0.2, 0) is 4.79 Å². The van der Waals surface area contributed by atoms with Crippen molar-refractivity contribution in [1.29, 1.82) is 0 Å². The lowest BCUT2D eigenvalue weighted by Gasteiger charge is -2.15. The van der Waals surface area contributed by atoms with E-state index in [9.17, 15) is 18.8 Å².